The van der Waals surface area contributed by atoms with E-state index in [0.717, 1.165) is 53.2 Å². The van der Waals surface area contributed by atoms with E-state index in [9.17, 15) is 0 Å². The molecule has 5 nitrogen and oxygen atoms in total. The summed E-state index contributed by atoms with van der Waals surface area (Å²) in [7, 11) is 4.17. The van der Waals surface area contributed by atoms with Crippen LogP contribution in [0.5, 0.6) is 0 Å². The first-order chi connectivity index (χ1) is 12.7. The van der Waals surface area contributed by atoms with Crippen LogP contribution in [0.3, 0.4) is 0 Å². The standard InChI is InChI=1S/C20H27N5S/c1-4-7-15-13-8-5-6-9-14(13)16-17-18(26-20(16)24-15)19(23-12-22-17)21-10-11-25(2)3/h12H,4-11H2,1-3H3,(H,21,22,23). The Morgan fingerprint density at radius 2 is 1.96 bits per heavy atom. The van der Waals surface area contributed by atoms with Gasteiger partial charge in [-0.15, -0.1) is 11.3 Å². The summed E-state index contributed by atoms with van der Waals surface area (Å²) in [6.07, 6.45) is 8.80. The van der Waals surface area contributed by atoms with Crippen molar-refractivity contribution in [3.8, 4) is 0 Å². The molecule has 3 aromatic heterocycles. The molecule has 3 aromatic rings. The first-order valence-electron chi connectivity index (χ1n) is 9.65. The van der Waals surface area contributed by atoms with Crippen LogP contribution in [0.15, 0.2) is 6.33 Å². The highest BCUT2D eigenvalue weighted by atomic mass is 32.1. The predicted octanol–water partition coefficient (Wildman–Crippen LogP) is 4.04. The monoisotopic (exact) mass is 369 g/mol. The lowest BCUT2D eigenvalue weighted by Crippen LogP contribution is -2.21. The Morgan fingerprint density at radius 1 is 1.15 bits per heavy atom. The minimum atomic E-state index is 0.875. The molecule has 0 saturated carbocycles. The average Bonchev–Trinajstić information content (AvgIpc) is 3.01. The molecule has 1 aliphatic rings. The number of hydrogen-bond acceptors (Lipinski definition) is 6. The molecule has 0 spiro atoms. The maximum absolute atomic E-state index is 5.08. The summed E-state index contributed by atoms with van der Waals surface area (Å²) in [5, 5.41) is 4.78. The summed E-state index contributed by atoms with van der Waals surface area (Å²) in [5.41, 5.74) is 5.41. The van der Waals surface area contributed by atoms with Crippen molar-refractivity contribution in [2.75, 3.05) is 32.5 Å². The van der Waals surface area contributed by atoms with Crippen LogP contribution in [0.1, 0.15) is 43.0 Å². The van der Waals surface area contributed by atoms with E-state index in [1.54, 1.807) is 17.7 Å². The first kappa shape index (κ1) is 17.6. The molecule has 4 rings (SSSR count). The quantitative estimate of drug-likeness (QED) is 0.710. The van der Waals surface area contributed by atoms with Gasteiger partial charge in [0.25, 0.3) is 0 Å². The SMILES string of the molecule is CCCc1nc2sc3c(NCCN(C)C)ncnc3c2c2c1CCCC2. The van der Waals surface area contributed by atoms with Gasteiger partial charge in [0.05, 0.1) is 10.2 Å². The molecule has 0 radical (unpaired) electrons. The Morgan fingerprint density at radius 3 is 2.73 bits per heavy atom. The van der Waals surface area contributed by atoms with Crippen molar-refractivity contribution in [2.45, 2.75) is 45.4 Å². The Balaban J connectivity index is 1.86. The molecular formula is C20H27N5S. The Kier molecular flexibility index (Phi) is 5.05. The number of rotatable bonds is 6. The second-order valence-corrected chi connectivity index (χ2v) is 8.38. The summed E-state index contributed by atoms with van der Waals surface area (Å²) >= 11 is 1.75. The number of likely N-dealkylation sites (N-methyl/N-ethyl adjacent to an activating group) is 1. The number of thiophene rings is 1. The van der Waals surface area contributed by atoms with Gasteiger partial charge in [0.1, 0.15) is 17.0 Å². The van der Waals surface area contributed by atoms with Gasteiger partial charge in [-0.05, 0) is 57.3 Å². The predicted molar refractivity (Wildman–Crippen MR) is 110 cm³/mol. The fraction of sp³-hybridized carbons (Fsp3) is 0.550. The van der Waals surface area contributed by atoms with Crippen LogP contribution >= 0.6 is 11.3 Å². The number of anilines is 1. The lowest BCUT2D eigenvalue weighted by molar-refractivity contribution is 0.425. The van der Waals surface area contributed by atoms with Gasteiger partial charge in [-0.1, -0.05) is 13.3 Å². The highest BCUT2D eigenvalue weighted by Crippen LogP contribution is 2.40. The smallest absolute Gasteiger partial charge is 0.147 e. The molecule has 0 saturated heterocycles. The molecule has 1 N–H and O–H groups in total. The number of nitrogens with one attached hydrogen (secondary N) is 1. The maximum atomic E-state index is 5.08. The fourth-order valence-corrected chi connectivity index (χ4v) is 5.05. The zero-order valence-electron chi connectivity index (χ0n) is 15.9. The molecule has 0 aliphatic heterocycles. The summed E-state index contributed by atoms with van der Waals surface area (Å²) in [4.78, 5) is 17.6. The van der Waals surface area contributed by atoms with Gasteiger partial charge < -0.3 is 10.2 Å². The van der Waals surface area contributed by atoms with E-state index >= 15 is 0 Å². The van der Waals surface area contributed by atoms with E-state index < -0.39 is 0 Å². The topological polar surface area (TPSA) is 53.9 Å². The summed E-state index contributed by atoms with van der Waals surface area (Å²) in [6.45, 7) is 4.09. The Labute approximate surface area is 158 Å². The number of aryl methyl sites for hydroxylation is 2. The van der Waals surface area contributed by atoms with E-state index in [2.05, 4.69) is 41.2 Å². The molecule has 26 heavy (non-hydrogen) atoms. The van der Waals surface area contributed by atoms with Crippen molar-refractivity contribution in [2.24, 2.45) is 0 Å². The fourth-order valence-electron chi connectivity index (χ4n) is 3.91. The van der Waals surface area contributed by atoms with Gasteiger partial charge in [0.15, 0.2) is 0 Å². The number of aromatic nitrogens is 3. The number of nitrogens with zero attached hydrogens (tertiary/aromatic N) is 4. The summed E-state index contributed by atoms with van der Waals surface area (Å²) in [6, 6.07) is 0. The third-order valence-electron chi connectivity index (χ3n) is 5.15. The van der Waals surface area contributed by atoms with Crippen molar-refractivity contribution >= 4 is 37.6 Å². The number of hydrogen-bond donors (Lipinski definition) is 1. The molecule has 0 fully saturated rings. The molecule has 0 atom stereocenters. The van der Waals surface area contributed by atoms with Crippen molar-refractivity contribution in [1.82, 2.24) is 19.9 Å². The van der Waals surface area contributed by atoms with Gasteiger partial charge in [0.2, 0.25) is 0 Å². The molecule has 138 valence electrons. The van der Waals surface area contributed by atoms with Crippen molar-refractivity contribution < 1.29 is 0 Å². The van der Waals surface area contributed by atoms with Crippen molar-refractivity contribution in [3.05, 3.63) is 23.1 Å². The van der Waals surface area contributed by atoms with Crippen LogP contribution in [-0.2, 0) is 19.3 Å². The van der Waals surface area contributed by atoms with Gasteiger partial charge in [0, 0.05) is 24.2 Å². The number of pyridine rings is 1. The molecule has 0 amide bonds. The second kappa shape index (κ2) is 7.45. The maximum Gasteiger partial charge on any atom is 0.147 e. The normalized spacial score (nSPS) is 14.3. The zero-order chi connectivity index (χ0) is 18.1. The van der Waals surface area contributed by atoms with E-state index in [0.29, 0.717) is 0 Å². The van der Waals surface area contributed by atoms with Crippen LogP contribution in [0.2, 0.25) is 0 Å². The highest BCUT2D eigenvalue weighted by Gasteiger charge is 2.22. The molecule has 0 bridgehead atoms. The van der Waals surface area contributed by atoms with E-state index in [1.165, 1.54) is 41.5 Å². The lowest BCUT2D eigenvalue weighted by atomic mass is 9.88. The minimum Gasteiger partial charge on any atom is -0.367 e. The first-order valence-corrected chi connectivity index (χ1v) is 10.5. The third-order valence-corrected chi connectivity index (χ3v) is 6.23. The number of fused-ring (bicyclic) bond motifs is 5. The summed E-state index contributed by atoms with van der Waals surface area (Å²) in [5.74, 6) is 0.946. The molecule has 0 unspecified atom stereocenters. The molecular weight excluding hydrogens is 342 g/mol. The third kappa shape index (κ3) is 3.16. The minimum absolute atomic E-state index is 0.875. The Hall–Kier alpha value is -1.79. The van der Waals surface area contributed by atoms with Gasteiger partial charge >= 0.3 is 0 Å². The van der Waals surface area contributed by atoms with E-state index in [-0.39, 0.29) is 0 Å². The molecule has 6 heteroatoms. The lowest BCUT2D eigenvalue weighted by Gasteiger charge is -2.19. The molecule has 3 heterocycles. The van der Waals surface area contributed by atoms with Crippen molar-refractivity contribution in [3.63, 3.8) is 0 Å². The van der Waals surface area contributed by atoms with Gasteiger partial charge in [-0.2, -0.15) is 0 Å². The second-order valence-electron chi connectivity index (χ2n) is 7.38. The summed E-state index contributed by atoms with van der Waals surface area (Å²) < 4.78 is 1.15. The average molecular weight is 370 g/mol. The van der Waals surface area contributed by atoms with E-state index in [4.69, 9.17) is 4.98 Å². The van der Waals surface area contributed by atoms with Crippen LogP contribution in [0.25, 0.3) is 20.4 Å². The van der Waals surface area contributed by atoms with Crippen LogP contribution in [0, 0.1) is 0 Å². The van der Waals surface area contributed by atoms with Gasteiger partial charge in [-0.25, -0.2) is 15.0 Å². The van der Waals surface area contributed by atoms with Crippen LogP contribution < -0.4 is 5.32 Å². The molecule has 0 aromatic carbocycles. The van der Waals surface area contributed by atoms with Crippen LogP contribution in [-0.4, -0.2) is 47.0 Å². The zero-order valence-corrected chi connectivity index (χ0v) is 16.7. The van der Waals surface area contributed by atoms with E-state index in [1.807, 2.05) is 0 Å². The molecule has 1 aliphatic carbocycles. The highest BCUT2D eigenvalue weighted by molar-refractivity contribution is 7.26. The van der Waals surface area contributed by atoms with Crippen LogP contribution in [0.4, 0.5) is 5.82 Å². The van der Waals surface area contributed by atoms with Crippen molar-refractivity contribution in [1.29, 1.82) is 0 Å². The Bertz CT molecular complexity index is 931. The largest absolute Gasteiger partial charge is 0.367 e. The van der Waals surface area contributed by atoms with Gasteiger partial charge in [-0.3, -0.25) is 0 Å².